The fourth-order valence-corrected chi connectivity index (χ4v) is 5.64. The van der Waals surface area contributed by atoms with Gasteiger partial charge in [-0.15, -0.1) is 0 Å². The monoisotopic (exact) mass is 556 g/mol. The number of aromatic nitrogens is 1. The third-order valence-electron chi connectivity index (χ3n) is 6.07. The molecule has 0 spiro atoms. The molecule has 0 unspecified atom stereocenters. The first kappa shape index (κ1) is 25.9. The maximum absolute atomic E-state index is 13.8. The van der Waals surface area contributed by atoms with E-state index in [0.717, 1.165) is 0 Å². The summed E-state index contributed by atoms with van der Waals surface area (Å²) in [6, 6.07) is 7.91. The van der Waals surface area contributed by atoms with Crippen LogP contribution in [0.4, 0.5) is 0 Å². The molecule has 0 saturated carbocycles. The molecular weight excluding hydrogens is 532 g/mol. The number of thiazole rings is 1. The Balaban J connectivity index is 1.70. The van der Waals surface area contributed by atoms with E-state index in [2.05, 4.69) is 4.99 Å². The Morgan fingerprint density at radius 1 is 1.18 bits per heavy atom. The van der Waals surface area contributed by atoms with Crippen LogP contribution in [0.2, 0.25) is 5.02 Å². The van der Waals surface area contributed by atoms with Gasteiger partial charge < -0.3 is 23.7 Å². The smallest absolute Gasteiger partial charge is 0.338 e. The van der Waals surface area contributed by atoms with Gasteiger partial charge in [-0.05, 0) is 56.2 Å². The first-order valence-corrected chi connectivity index (χ1v) is 13.0. The second kappa shape index (κ2) is 10.2. The third-order valence-corrected chi connectivity index (χ3v) is 7.38. The van der Waals surface area contributed by atoms with Gasteiger partial charge in [0.05, 0.1) is 47.2 Å². The lowest BCUT2D eigenvalue weighted by molar-refractivity contribution is -0.136. The Morgan fingerprint density at radius 2 is 1.92 bits per heavy atom. The number of fused-ring (bicyclic) bond motifs is 2. The minimum atomic E-state index is -0.796. The molecule has 2 aliphatic heterocycles. The lowest BCUT2D eigenvalue weighted by atomic mass is 9.95. The van der Waals surface area contributed by atoms with Crippen molar-refractivity contribution in [2.75, 3.05) is 21.0 Å². The third kappa shape index (κ3) is 4.54. The van der Waals surface area contributed by atoms with Gasteiger partial charge in [-0.25, -0.2) is 9.79 Å². The second-order valence-electron chi connectivity index (χ2n) is 8.88. The maximum Gasteiger partial charge on any atom is 0.338 e. The van der Waals surface area contributed by atoms with Crippen LogP contribution in [-0.4, -0.2) is 37.7 Å². The number of carbonyl (C=O) groups excluding carboxylic acids is 1. The summed E-state index contributed by atoms with van der Waals surface area (Å²) < 4.78 is 29.2. The molecule has 0 radical (unpaired) electrons. The predicted octanol–water partition coefficient (Wildman–Crippen LogP) is 3.59. The molecule has 0 saturated heterocycles. The Kier molecular flexibility index (Phi) is 6.93. The van der Waals surface area contributed by atoms with E-state index in [4.69, 9.17) is 35.3 Å². The molecule has 38 heavy (non-hydrogen) atoms. The minimum Gasteiger partial charge on any atom is -0.493 e. The summed E-state index contributed by atoms with van der Waals surface area (Å²) in [5.74, 6) is 1.54. The van der Waals surface area contributed by atoms with Crippen molar-refractivity contribution >= 4 is 35.0 Å². The van der Waals surface area contributed by atoms with Crippen LogP contribution in [0, 0.1) is 0 Å². The van der Waals surface area contributed by atoms with E-state index in [-0.39, 0.29) is 24.0 Å². The molecule has 0 fully saturated rings. The molecule has 9 nitrogen and oxygen atoms in total. The fourth-order valence-electron chi connectivity index (χ4n) is 4.40. The summed E-state index contributed by atoms with van der Waals surface area (Å²) in [6.45, 7) is 5.66. The molecule has 11 heteroatoms. The zero-order chi connectivity index (χ0) is 27.1. The van der Waals surface area contributed by atoms with Crippen molar-refractivity contribution in [3.05, 3.63) is 77.4 Å². The molecule has 2 aromatic carbocycles. The van der Waals surface area contributed by atoms with E-state index in [1.807, 2.05) is 13.8 Å². The zero-order valence-electron chi connectivity index (χ0n) is 21.4. The van der Waals surface area contributed by atoms with Gasteiger partial charge in [-0.3, -0.25) is 9.36 Å². The average Bonchev–Trinajstić information content (AvgIpc) is 3.46. The summed E-state index contributed by atoms with van der Waals surface area (Å²) >= 11 is 7.66. The number of nitrogens with zero attached hydrogens (tertiary/aromatic N) is 2. The topological polar surface area (TPSA) is 97.6 Å². The summed E-state index contributed by atoms with van der Waals surface area (Å²) in [6.07, 6.45) is 1.62. The quantitative estimate of drug-likeness (QED) is 0.428. The van der Waals surface area contributed by atoms with Crippen molar-refractivity contribution in [2.45, 2.75) is 32.9 Å². The molecule has 1 aromatic heterocycles. The molecule has 0 bridgehead atoms. The highest BCUT2D eigenvalue weighted by Gasteiger charge is 2.33. The molecular formula is C27H25ClN2O7S. The number of esters is 1. The van der Waals surface area contributed by atoms with Crippen LogP contribution in [0.15, 0.2) is 51.4 Å². The van der Waals surface area contributed by atoms with Gasteiger partial charge in [0.1, 0.15) is 0 Å². The van der Waals surface area contributed by atoms with Crippen molar-refractivity contribution in [1.29, 1.82) is 0 Å². The predicted molar refractivity (Wildman–Crippen MR) is 142 cm³/mol. The van der Waals surface area contributed by atoms with Crippen LogP contribution in [-0.2, 0) is 9.53 Å². The Morgan fingerprint density at radius 3 is 2.61 bits per heavy atom. The van der Waals surface area contributed by atoms with Crippen molar-refractivity contribution in [3.63, 3.8) is 0 Å². The molecule has 0 N–H and O–H groups in total. The highest BCUT2D eigenvalue weighted by atomic mass is 35.5. The van der Waals surface area contributed by atoms with Crippen molar-refractivity contribution < 1.29 is 28.5 Å². The van der Waals surface area contributed by atoms with E-state index in [1.54, 1.807) is 43.3 Å². The molecule has 5 rings (SSSR count). The van der Waals surface area contributed by atoms with Gasteiger partial charge in [-0.1, -0.05) is 29.0 Å². The summed E-state index contributed by atoms with van der Waals surface area (Å²) in [5, 5.41) is 0.411. The first-order valence-electron chi connectivity index (χ1n) is 11.8. The van der Waals surface area contributed by atoms with Crippen molar-refractivity contribution in [2.24, 2.45) is 4.99 Å². The van der Waals surface area contributed by atoms with Crippen LogP contribution in [0.3, 0.4) is 0 Å². The minimum absolute atomic E-state index is 0.0665. The largest absolute Gasteiger partial charge is 0.493 e. The molecule has 1 atom stereocenters. The van der Waals surface area contributed by atoms with Crippen molar-refractivity contribution in [1.82, 2.24) is 4.57 Å². The maximum atomic E-state index is 13.8. The Bertz CT molecular complexity index is 1650. The molecule has 198 valence electrons. The van der Waals surface area contributed by atoms with Gasteiger partial charge >= 0.3 is 5.97 Å². The van der Waals surface area contributed by atoms with Gasteiger partial charge in [0.2, 0.25) is 6.79 Å². The number of methoxy groups -OCH3 is 2. The van der Waals surface area contributed by atoms with Crippen LogP contribution in [0.5, 0.6) is 23.0 Å². The number of allylic oxidation sites excluding steroid dienone is 1. The molecule has 0 aliphatic carbocycles. The molecule has 3 heterocycles. The van der Waals surface area contributed by atoms with Gasteiger partial charge in [-0.2, -0.15) is 0 Å². The lowest BCUT2D eigenvalue weighted by Crippen LogP contribution is -2.39. The standard InChI is InChI=1S/C27H25ClN2O7S/c1-13(2)37-18-7-6-15(8-19(18)33-4)24-23(26(32)34-5)14(3)29-27-30(24)25(31)22(38-27)10-16-9-20-21(11-17(16)28)36-12-35-20/h6-11,13,24H,12H2,1-5H3/b22-10+/t24-/m0/s1. The average molecular weight is 557 g/mol. The number of carbonyl (C=O) groups is 1. The summed E-state index contributed by atoms with van der Waals surface area (Å²) in [5.41, 5.74) is 1.62. The SMILES string of the molecule is COC(=O)C1=C(C)N=c2s/c(=C/c3cc4c(cc3Cl)OCO4)c(=O)n2[C@H]1c1ccc(OC(C)C)c(OC)c1. The van der Waals surface area contributed by atoms with Gasteiger partial charge in [0, 0.05) is 6.07 Å². The van der Waals surface area contributed by atoms with Gasteiger partial charge in [0.25, 0.3) is 5.56 Å². The Labute approximate surface area is 227 Å². The summed E-state index contributed by atoms with van der Waals surface area (Å²) in [4.78, 5) is 31.8. The number of hydrogen-bond donors (Lipinski definition) is 0. The van der Waals surface area contributed by atoms with E-state index in [9.17, 15) is 9.59 Å². The van der Waals surface area contributed by atoms with Crippen LogP contribution < -0.4 is 33.8 Å². The highest BCUT2D eigenvalue weighted by Crippen LogP contribution is 2.38. The second-order valence-corrected chi connectivity index (χ2v) is 10.3. The highest BCUT2D eigenvalue weighted by molar-refractivity contribution is 7.07. The molecule has 0 amide bonds. The van der Waals surface area contributed by atoms with Crippen molar-refractivity contribution in [3.8, 4) is 23.0 Å². The number of rotatable bonds is 6. The van der Waals surface area contributed by atoms with Crippen LogP contribution >= 0.6 is 22.9 Å². The first-order chi connectivity index (χ1) is 18.2. The molecule has 2 aliphatic rings. The fraction of sp³-hybridized carbons (Fsp3) is 0.296. The number of hydrogen-bond acceptors (Lipinski definition) is 9. The normalized spacial score (nSPS) is 16.4. The number of ether oxygens (including phenoxy) is 5. The van der Waals surface area contributed by atoms with Crippen LogP contribution in [0.25, 0.3) is 6.08 Å². The van der Waals surface area contributed by atoms with Gasteiger partial charge in [0.15, 0.2) is 27.8 Å². The van der Waals surface area contributed by atoms with E-state index in [0.29, 0.717) is 54.2 Å². The number of benzene rings is 2. The molecule has 3 aromatic rings. The van der Waals surface area contributed by atoms with E-state index >= 15 is 0 Å². The van der Waals surface area contributed by atoms with Crippen LogP contribution in [0.1, 0.15) is 37.9 Å². The van der Waals surface area contributed by atoms with E-state index in [1.165, 1.54) is 30.1 Å². The Hall–Kier alpha value is -3.76. The summed E-state index contributed by atoms with van der Waals surface area (Å²) in [7, 11) is 2.84. The lowest BCUT2D eigenvalue weighted by Gasteiger charge is -2.25. The van der Waals surface area contributed by atoms with E-state index < -0.39 is 12.0 Å². The number of halogens is 1. The zero-order valence-corrected chi connectivity index (χ0v) is 22.9.